The topological polar surface area (TPSA) is 12.9 Å². The summed E-state index contributed by atoms with van der Waals surface area (Å²) in [4.78, 5) is 4.58. The molecule has 2 heteroatoms. The summed E-state index contributed by atoms with van der Waals surface area (Å²) >= 11 is 1.82. The fourth-order valence-corrected chi connectivity index (χ4v) is 5.12. The highest BCUT2D eigenvalue weighted by atomic mass is 32.1. The molecule has 0 saturated heterocycles. The quantitative estimate of drug-likeness (QED) is 0.292. The molecule has 0 aliphatic rings. The van der Waals surface area contributed by atoms with E-state index in [1.54, 1.807) is 12.3 Å². The van der Waals surface area contributed by atoms with Crippen molar-refractivity contribution >= 4 is 31.5 Å². The SMILES string of the molecule is [2H]C([2H])(c1ccnc(-c2ccc3sc4c(-c5ccccc5)cccc4c3c2)c1)C(C)(C)C. The van der Waals surface area contributed by atoms with Crippen molar-refractivity contribution in [1.29, 1.82) is 0 Å². The third-order valence-corrected chi connectivity index (χ3v) is 6.38. The third kappa shape index (κ3) is 3.64. The highest BCUT2D eigenvalue weighted by molar-refractivity contribution is 7.26. The molecule has 0 fully saturated rings. The molecule has 5 aromatic rings. The van der Waals surface area contributed by atoms with Gasteiger partial charge >= 0.3 is 0 Å². The van der Waals surface area contributed by atoms with E-state index in [0.29, 0.717) is 5.56 Å². The van der Waals surface area contributed by atoms with Crippen LogP contribution in [-0.2, 0) is 6.37 Å². The second-order valence-electron chi connectivity index (χ2n) is 8.67. The van der Waals surface area contributed by atoms with E-state index >= 15 is 0 Å². The van der Waals surface area contributed by atoms with Crippen LogP contribution in [0.5, 0.6) is 0 Å². The zero-order valence-corrected chi connectivity index (χ0v) is 18.3. The number of thiophene rings is 1. The Morgan fingerprint density at radius 3 is 2.47 bits per heavy atom. The molecule has 0 unspecified atom stereocenters. The summed E-state index contributed by atoms with van der Waals surface area (Å²) in [6.07, 6.45) is 0.270. The van der Waals surface area contributed by atoms with E-state index in [2.05, 4.69) is 65.6 Å². The van der Waals surface area contributed by atoms with Gasteiger partial charge in [0.05, 0.1) is 5.69 Å². The van der Waals surface area contributed by atoms with Crippen LogP contribution >= 0.6 is 11.3 Å². The first-order valence-corrected chi connectivity index (χ1v) is 11.0. The van der Waals surface area contributed by atoms with Gasteiger partial charge in [-0.05, 0) is 52.7 Å². The Kier molecular flexibility index (Phi) is 4.13. The molecule has 148 valence electrons. The van der Waals surface area contributed by atoms with Crippen molar-refractivity contribution in [2.24, 2.45) is 5.41 Å². The van der Waals surface area contributed by atoms with Gasteiger partial charge in [0.2, 0.25) is 0 Å². The van der Waals surface area contributed by atoms with Crippen molar-refractivity contribution in [3.05, 3.63) is 90.6 Å². The molecule has 0 amide bonds. The molecular formula is C28H25NS. The predicted octanol–water partition coefficient (Wildman–Crippen LogP) is 8.37. The Hall–Kier alpha value is -2.97. The zero-order chi connectivity index (χ0) is 22.5. The first-order valence-electron chi connectivity index (χ1n) is 11.2. The van der Waals surface area contributed by atoms with E-state index in [0.717, 1.165) is 11.3 Å². The van der Waals surface area contributed by atoms with Crippen molar-refractivity contribution in [2.45, 2.75) is 27.1 Å². The fourth-order valence-electron chi connectivity index (χ4n) is 3.90. The molecule has 0 spiro atoms. The molecule has 0 radical (unpaired) electrons. The molecule has 2 heterocycles. The maximum atomic E-state index is 8.64. The van der Waals surface area contributed by atoms with Gasteiger partial charge in [0.15, 0.2) is 0 Å². The minimum Gasteiger partial charge on any atom is -0.256 e. The van der Waals surface area contributed by atoms with Crippen molar-refractivity contribution in [1.82, 2.24) is 4.98 Å². The van der Waals surface area contributed by atoms with Crippen molar-refractivity contribution in [2.75, 3.05) is 0 Å². The van der Waals surface area contributed by atoms with Crippen LogP contribution in [0.15, 0.2) is 85.1 Å². The van der Waals surface area contributed by atoms with Crippen LogP contribution in [0.4, 0.5) is 0 Å². The van der Waals surface area contributed by atoms with E-state index in [1.807, 2.05) is 44.2 Å². The number of fused-ring (bicyclic) bond motifs is 3. The van der Waals surface area contributed by atoms with Gasteiger partial charge in [0, 0.05) is 34.7 Å². The number of nitrogens with zero attached hydrogens (tertiary/aromatic N) is 1. The Labute approximate surface area is 184 Å². The van der Waals surface area contributed by atoms with Crippen LogP contribution < -0.4 is 0 Å². The van der Waals surface area contributed by atoms with Crippen molar-refractivity contribution < 1.29 is 2.74 Å². The molecule has 1 nitrogen and oxygen atoms in total. The highest BCUT2D eigenvalue weighted by Crippen LogP contribution is 2.41. The smallest absolute Gasteiger partial charge is 0.0704 e. The van der Waals surface area contributed by atoms with Crippen LogP contribution in [0.2, 0.25) is 0 Å². The van der Waals surface area contributed by atoms with Gasteiger partial charge in [-0.25, -0.2) is 0 Å². The lowest BCUT2D eigenvalue weighted by Crippen LogP contribution is -2.09. The second kappa shape index (κ2) is 7.37. The first kappa shape index (κ1) is 16.8. The third-order valence-electron chi connectivity index (χ3n) is 5.16. The Bertz CT molecular complexity index is 1430. The van der Waals surface area contributed by atoms with E-state index in [-0.39, 0.29) is 0 Å². The Balaban J connectivity index is 1.65. The lowest BCUT2D eigenvalue weighted by atomic mass is 9.88. The van der Waals surface area contributed by atoms with Gasteiger partial charge in [-0.15, -0.1) is 11.3 Å². The summed E-state index contributed by atoms with van der Waals surface area (Å²) in [5.41, 5.74) is 4.45. The Morgan fingerprint density at radius 1 is 0.833 bits per heavy atom. The largest absolute Gasteiger partial charge is 0.256 e. The minimum atomic E-state index is -1.45. The summed E-state index contributed by atoms with van der Waals surface area (Å²) in [6, 6.07) is 27.2. The molecule has 0 aliphatic heterocycles. The number of hydrogen-bond donors (Lipinski definition) is 0. The summed E-state index contributed by atoms with van der Waals surface area (Å²) in [5.74, 6) is 0. The lowest BCUT2D eigenvalue weighted by molar-refractivity contribution is 0.411. The molecule has 3 aromatic carbocycles. The highest BCUT2D eigenvalue weighted by Gasteiger charge is 2.14. The molecular weight excluding hydrogens is 382 g/mol. The van der Waals surface area contributed by atoms with Crippen LogP contribution in [0.25, 0.3) is 42.6 Å². The number of aromatic nitrogens is 1. The zero-order valence-electron chi connectivity index (χ0n) is 19.4. The second-order valence-corrected chi connectivity index (χ2v) is 9.72. The van der Waals surface area contributed by atoms with Gasteiger partial charge in [0.25, 0.3) is 0 Å². The van der Waals surface area contributed by atoms with Gasteiger partial charge in [-0.2, -0.15) is 0 Å². The predicted molar refractivity (Wildman–Crippen MR) is 131 cm³/mol. The number of benzene rings is 3. The molecule has 0 saturated carbocycles. The van der Waals surface area contributed by atoms with Gasteiger partial charge in [-0.1, -0.05) is 75.4 Å². The van der Waals surface area contributed by atoms with E-state index < -0.39 is 11.8 Å². The molecule has 0 atom stereocenters. The Morgan fingerprint density at radius 2 is 1.67 bits per heavy atom. The van der Waals surface area contributed by atoms with E-state index in [4.69, 9.17) is 2.74 Å². The fraction of sp³-hybridized carbons (Fsp3) is 0.179. The molecule has 0 aliphatic carbocycles. The van der Waals surface area contributed by atoms with Gasteiger partial charge < -0.3 is 0 Å². The van der Waals surface area contributed by atoms with Gasteiger partial charge in [-0.3, -0.25) is 4.98 Å². The molecule has 0 N–H and O–H groups in total. The summed E-state index contributed by atoms with van der Waals surface area (Å²) in [5, 5.41) is 2.46. The summed E-state index contributed by atoms with van der Waals surface area (Å²) in [6.45, 7) is 5.79. The average Bonchev–Trinajstić information content (AvgIpc) is 3.17. The molecule has 0 bridgehead atoms. The van der Waals surface area contributed by atoms with Crippen LogP contribution in [0.3, 0.4) is 0 Å². The van der Waals surface area contributed by atoms with Crippen LogP contribution in [0.1, 0.15) is 29.1 Å². The average molecular weight is 410 g/mol. The normalized spacial score (nSPS) is 13.4. The van der Waals surface area contributed by atoms with Crippen molar-refractivity contribution in [3.8, 4) is 22.4 Å². The molecule has 2 aromatic heterocycles. The first-order chi connectivity index (χ1) is 15.3. The number of rotatable bonds is 3. The lowest BCUT2D eigenvalue weighted by Gasteiger charge is -2.18. The number of hydrogen-bond acceptors (Lipinski definition) is 2. The van der Waals surface area contributed by atoms with E-state index in [1.165, 1.54) is 31.3 Å². The minimum absolute atomic E-state index is 0.507. The summed E-state index contributed by atoms with van der Waals surface area (Å²) < 4.78 is 19.8. The van der Waals surface area contributed by atoms with Crippen LogP contribution in [-0.4, -0.2) is 4.98 Å². The van der Waals surface area contributed by atoms with Gasteiger partial charge in [0.1, 0.15) is 0 Å². The van der Waals surface area contributed by atoms with Crippen molar-refractivity contribution in [3.63, 3.8) is 0 Å². The van der Waals surface area contributed by atoms with Crippen LogP contribution in [0, 0.1) is 5.41 Å². The number of pyridine rings is 1. The van der Waals surface area contributed by atoms with E-state index in [9.17, 15) is 0 Å². The maximum absolute atomic E-state index is 8.64. The molecule has 30 heavy (non-hydrogen) atoms. The monoisotopic (exact) mass is 409 g/mol. The standard InChI is InChI=1S/C28H25NS/c1-28(2,3)18-19-14-15-29-25(16-19)21-12-13-26-24(17-21)23-11-7-10-22(27(23)30-26)20-8-5-4-6-9-20/h4-17H,18H2,1-3H3/i18D2. The molecule has 5 rings (SSSR count). The maximum Gasteiger partial charge on any atom is 0.0704 e. The summed E-state index contributed by atoms with van der Waals surface area (Å²) in [7, 11) is 0.